The van der Waals surface area contributed by atoms with Gasteiger partial charge >= 0.3 is 6.18 Å². The summed E-state index contributed by atoms with van der Waals surface area (Å²) in [4.78, 5) is 3.82. The van der Waals surface area contributed by atoms with E-state index in [1.807, 2.05) is 0 Å². The number of hydrogen-bond donors (Lipinski definition) is 1. The molecule has 2 N–H and O–H groups in total. The molecule has 100 valence electrons. The zero-order valence-corrected chi connectivity index (χ0v) is 9.92. The van der Waals surface area contributed by atoms with Crippen molar-refractivity contribution in [2.24, 2.45) is 5.73 Å². The normalized spacial score (nSPS) is 30.0. The van der Waals surface area contributed by atoms with Gasteiger partial charge in [0.15, 0.2) is 0 Å². The molecule has 17 heavy (non-hydrogen) atoms. The maximum absolute atomic E-state index is 12.3. The zero-order valence-electron chi connectivity index (χ0n) is 9.92. The van der Waals surface area contributed by atoms with Crippen molar-refractivity contribution in [3.05, 3.63) is 0 Å². The largest absolute Gasteiger partial charge is 0.401 e. The quantitative estimate of drug-likeness (QED) is 0.796. The molecule has 2 fully saturated rings. The minimum Gasteiger partial charge on any atom is -0.328 e. The summed E-state index contributed by atoms with van der Waals surface area (Å²) in [5.74, 6) is 0. The van der Waals surface area contributed by atoms with Crippen LogP contribution in [0.2, 0.25) is 0 Å². The first-order valence-corrected chi connectivity index (χ1v) is 6.23. The highest BCUT2D eigenvalue weighted by molar-refractivity contribution is 4.87. The molecular weight excluding hydrogens is 231 g/mol. The van der Waals surface area contributed by atoms with Crippen LogP contribution in [0.5, 0.6) is 0 Å². The van der Waals surface area contributed by atoms with Crippen molar-refractivity contribution in [1.29, 1.82) is 0 Å². The summed E-state index contributed by atoms with van der Waals surface area (Å²) in [5, 5.41) is 0. The van der Waals surface area contributed by atoms with Crippen LogP contribution in [0.1, 0.15) is 19.3 Å². The van der Waals surface area contributed by atoms with Crippen molar-refractivity contribution in [2.75, 3.05) is 32.7 Å². The number of halogens is 3. The van der Waals surface area contributed by atoms with Gasteiger partial charge in [-0.1, -0.05) is 0 Å². The molecule has 2 aliphatic heterocycles. The first-order valence-electron chi connectivity index (χ1n) is 6.23. The van der Waals surface area contributed by atoms with Gasteiger partial charge in [-0.3, -0.25) is 9.80 Å². The van der Waals surface area contributed by atoms with Gasteiger partial charge in [0.2, 0.25) is 0 Å². The van der Waals surface area contributed by atoms with Crippen molar-refractivity contribution in [1.82, 2.24) is 9.80 Å². The van der Waals surface area contributed by atoms with Crippen molar-refractivity contribution in [3.8, 4) is 0 Å². The van der Waals surface area contributed by atoms with Crippen molar-refractivity contribution < 1.29 is 13.2 Å². The van der Waals surface area contributed by atoms with Gasteiger partial charge in [0, 0.05) is 25.2 Å². The molecule has 1 atom stereocenters. The molecule has 6 heteroatoms. The maximum Gasteiger partial charge on any atom is 0.401 e. The fourth-order valence-corrected chi connectivity index (χ4v) is 2.79. The highest BCUT2D eigenvalue weighted by atomic mass is 19.4. The van der Waals surface area contributed by atoms with E-state index in [-0.39, 0.29) is 6.04 Å². The maximum atomic E-state index is 12.3. The molecular formula is C11H20F3N3. The molecule has 0 aliphatic carbocycles. The molecule has 0 bridgehead atoms. The van der Waals surface area contributed by atoms with Crippen LogP contribution in [0.15, 0.2) is 0 Å². The number of alkyl halides is 3. The summed E-state index contributed by atoms with van der Waals surface area (Å²) in [6.45, 7) is 2.22. The molecule has 0 aromatic heterocycles. The smallest absolute Gasteiger partial charge is 0.328 e. The monoisotopic (exact) mass is 251 g/mol. The van der Waals surface area contributed by atoms with E-state index in [1.54, 1.807) is 0 Å². The number of nitrogens with two attached hydrogens (primary N) is 1. The highest BCUT2D eigenvalue weighted by Gasteiger charge is 2.36. The lowest BCUT2D eigenvalue weighted by Crippen LogP contribution is -2.46. The standard InChI is InChI=1S/C11H20F3N3/c12-11(13,14)8-16-4-3-10(7-16)17-5-1-9(15)2-6-17/h9-10H,1-8,15H2. The molecule has 0 spiro atoms. The Kier molecular flexibility index (Phi) is 3.95. The lowest BCUT2D eigenvalue weighted by atomic mass is 10.0. The Balaban J connectivity index is 1.78. The third-order valence-electron chi connectivity index (χ3n) is 3.74. The predicted molar refractivity (Wildman–Crippen MR) is 59.7 cm³/mol. The van der Waals surface area contributed by atoms with Crippen LogP contribution in [0.25, 0.3) is 0 Å². The summed E-state index contributed by atoms with van der Waals surface area (Å²) >= 11 is 0. The van der Waals surface area contributed by atoms with Gasteiger partial charge in [0.1, 0.15) is 0 Å². The Hall–Kier alpha value is -0.330. The van der Waals surface area contributed by atoms with Crippen molar-refractivity contribution >= 4 is 0 Å². The fourth-order valence-electron chi connectivity index (χ4n) is 2.79. The molecule has 2 saturated heterocycles. The first-order chi connectivity index (χ1) is 7.94. The van der Waals surface area contributed by atoms with E-state index < -0.39 is 12.7 Å². The molecule has 1 unspecified atom stereocenters. The van der Waals surface area contributed by atoms with Crippen LogP contribution >= 0.6 is 0 Å². The topological polar surface area (TPSA) is 32.5 Å². The fraction of sp³-hybridized carbons (Fsp3) is 1.00. The minimum atomic E-state index is -4.07. The molecule has 0 aromatic carbocycles. The van der Waals surface area contributed by atoms with Crippen molar-refractivity contribution in [2.45, 2.75) is 37.5 Å². The van der Waals surface area contributed by atoms with Crippen molar-refractivity contribution in [3.63, 3.8) is 0 Å². The Morgan fingerprint density at radius 1 is 1.06 bits per heavy atom. The average Bonchev–Trinajstić information content (AvgIpc) is 2.64. The lowest BCUT2D eigenvalue weighted by molar-refractivity contribution is -0.143. The molecule has 2 heterocycles. The van der Waals surface area contributed by atoms with Crippen LogP contribution in [-0.4, -0.2) is 60.8 Å². The van der Waals surface area contributed by atoms with Gasteiger partial charge in [-0.05, 0) is 32.4 Å². The molecule has 0 amide bonds. The Morgan fingerprint density at radius 3 is 2.29 bits per heavy atom. The van der Waals surface area contributed by atoms with Crippen LogP contribution in [0.3, 0.4) is 0 Å². The van der Waals surface area contributed by atoms with Gasteiger partial charge in [-0.25, -0.2) is 0 Å². The summed E-state index contributed by atoms with van der Waals surface area (Å²) in [6.07, 6.45) is -1.28. The number of hydrogen-bond acceptors (Lipinski definition) is 3. The third-order valence-corrected chi connectivity index (χ3v) is 3.74. The second-order valence-corrected chi connectivity index (χ2v) is 5.17. The lowest BCUT2D eigenvalue weighted by Gasteiger charge is -2.34. The van der Waals surface area contributed by atoms with Gasteiger partial charge in [0.05, 0.1) is 6.54 Å². The minimum absolute atomic E-state index is 0.277. The van der Waals surface area contributed by atoms with Gasteiger partial charge in [-0.2, -0.15) is 13.2 Å². The van der Waals surface area contributed by atoms with Gasteiger partial charge in [-0.15, -0.1) is 0 Å². The van der Waals surface area contributed by atoms with E-state index in [2.05, 4.69) is 4.90 Å². The molecule has 2 rings (SSSR count). The second-order valence-electron chi connectivity index (χ2n) is 5.17. The van der Waals surface area contributed by atoms with Crippen LogP contribution < -0.4 is 5.73 Å². The average molecular weight is 251 g/mol. The van der Waals surface area contributed by atoms with Crippen LogP contribution in [0, 0.1) is 0 Å². The molecule has 0 saturated carbocycles. The first kappa shape index (κ1) is 13.1. The van der Waals surface area contributed by atoms with Crippen LogP contribution in [0.4, 0.5) is 13.2 Å². The second kappa shape index (κ2) is 5.12. The molecule has 0 radical (unpaired) electrons. The zero-order chi connectivity index (χ0) is 12.5. The number of piperidine rings is 1. The number of rotatable bonds is 2. The number of likely N-dealkylation sites (tertiary alicyclic amines) is 2. The Labute approximate surface area is 99.7 Å². The van der Waals surface area contributed by atoms with Crippen LogP contribution in [-0.2, 0) is 0 Å². The molecule has 0 aromatic rings. The Morgan fingerprint density at radius 2 is 1.71 bits per heavy atom. The van der Waals surface area contributed by atoms with E-state index in [0.717, 1.165) is 32.4 Å². The summed E-state index contributed by atoms with van der Waals surface area (Å²) in [7, 11) is 0. The third kappa shape index (κ3) is 3.82. The van der Waals surface area contributed by atoms with E-state index in [9.17, 15) is 13.2 Å². The predicted octanol–water partition coefficient (Wildman–Crippen LogP) is 1.05. The summed E-state index contributed by atoms with van der Waals surface area (Å²) < 4.78 is 36.8. The Bertz CT molecular complexity index is 249. The number of nitrogens with zero attached hydrogens (tertiary/aromatic N) is 2. The SMILES string of the molecule is NC1CCN(C2CCN(CC(F)(F)F)C2)CC1. The van der Waals surface area contributed by atoms with Gasteiger partial charge in [0.25, 0.3) is 0 Å². The highest BCUT2D eigenvalue weighted by Crippen LogP contribution is 2.23. The summed E-state index contributed by atoms with van der Waals surface area (Å²) in [5.41, 5.74) is 5.82. The van der Waals surface area contributed by atoms with E-state index in [0.29, 0.717) is 19.1 Å². The van der Waals surface area contributed by atoms with E-state index in [1.165, 1.54) is 4.90 Å². The van der Waals surface area contributed by atoms with E-state index >= 15 is 0 Å². The van der Waals surface area contributed by atoms with E-state index in [4.69, 9.17) is 5.73 Å². The summed E-state index contributed by atoms with van der Waals surface area (Å²) in [6, 6.07) is 0.573. The molecule has 2 aliphatic rings. The molecule has 3 nitrogen and oxygen atoms in total. The van der Waals surface area contributed by atoms with Gasteiger partial charge < -0.3 is 5.73 Å².